The van der Waals surface area contributed by atoms with Crippen molar-refractivity contribution in [2.24, 2.45) is 0 Å². The molecular weight excluding hydrogens is 293 g/mol. The minimum Gasteiger partial charge on any atom is -0.465 e. The SMILES string of the molecule is C[C@@H]1CN(c2nc3ccc(F)cc3s2)[C@@H](C)CN1C(=O)O. The van der Waals surface area contributed by atoms with E-state index in [2.05, 4.69) is 9.88 Å². The average Bonchev–Trinajstić information content (AvgIpc) is 2.83. The zero-order chi connectivity index (χ0) is 15.1. The maximum atomic E-state index is 13.3. The number of hydrogen-bond acceptors (Lipinski definition) is 4. The molecule has 0 radical (unpaired) electrons. The van der Waals surface area contributed by atoms with Crippen molar-refractivity contribution in [3.05, 3.63) is 24.0 Å². The van der Waals surface area contributed by atoms with Crippen molar-refractivity contribution in [1.29, 1.82) is 0 Å². The van der Waals surface area contributed by atoms with Crippen LogP contribution >= 0.6 is 11.3 Å². The molecule has 1 amide bonds. The number of anilines is 1. The topological polar surface area (TPSA) is 56.7 Å². The molecule has 0 unspecified atom stereocenters. The monoisotopic (exact) mass is 309 g/mol. The lowest BCUT2D eigenvalue weighted by atomic mass is 10.1. The van der Waals surface area contributed by atoms with Crippen molar-refractivity contribution in [3.63, 3.8) is 0 Å². The Hall–Kier alpha value is -1.89. The molecule has 1 saturated heterocycles. The van der Waals surface area contributed by atoms with Gasteiger partial charge in [0.05, 0.1) is 10.2 Å². The van der Waals surface area contributed by atoms with Crippen LogP contribution in [0.3, 0.4) is 0 Å². The number of carbonyl (C=O) groups is 1. The van der Waals surface area contributed by atoms with Crippen LogP contribution < -0.4 is 4.90 Å². The van der Waals surface area contributed by atoms with Gasteiger partial charge in [-0.1, -0.05) is 11.3 Å². The third-order valence-electron chi connectivity index (χ3n) is 3.82. The molecule has 0 spiro atoms. The molecule has 1 aliphatic heterocycles. The van der Waals surface area contributed by atoms with Gasteiger partial charge in [-0.25, -0.2) is 14.2 Å². The van der Waals surface area contributed by atoms with Gasteiger partial charge in [0.15, 0.2) is 5.13 Å². The fourth-order valence-electron chi connectivity index (χ4n) is 2.67. The predicted octanol–water partition coefficient (Wildman–Crippen LogP) is 3.01. The molecule has 1 N–H and O–H groups in total. The molecule has 1 aromatic carbocycles. The first-order chi connectivity index (χ1) is 9.95. The summed E-state index contributed by atoms with van der Waals surface area (Å²) in [4.78, 5) is 19.3. The Labute approximate surface area is 125 Å². The minimum atomic E-state index is -0.889. The summed E-state index contributed by atoms with van der Waals surface area (Å²) in [7, 11) is 0. The van der Waals surface area contributed by atoms with Crippen LogP contribution in [0.2, 0.25) is 0 Å². The van der Waals surface area contributed by atoms with Gasteiger partial charge in [-0.15, -0.1) is 0 Å². The molecule has 21 heavy (non-hydrogen) atoms. The maximum absolute atomic E-state index is 13.3. The number of fused-ring (bicyclic) bond motifs is 1. The van der Waals surface area contributed by atoms with Gasteiger partial charge in [0, 0.05) is 25.2 Å². The van der Waals surface area contributed by atoms with Crippen LogP contribution in [0.25, 0.3) is 10.2 Å². The van der Waals surface area contributed by atoms with Crippen molar-refractivity contribution in [3.8, 4) is 0 Å². The van der Waals surface area contributed by atoms with Gasteiger partial charge in [0.2, 0.25) is 0 Å². The standard InChI is InChI=1S/C14H16FN3O2S/c1-8-7-18(14(19)20)9(2)6-17(8)13-16-11-4-3-10(15)5-12(11)21-13/h3-5,8-9H,6-7H2,1-2H3,(H,19,20)/t8-,9+/m0/s1. The second-order valence-electron chi connectivity index (χ2n) is 5.39. The third-order valence-corrected chi connectivity index (χ3v) is 4.87. The Morgan fingerprint density at radius 2 is 2.14 bits per heavy atom. The van der Waals surface area contributed by atoms with Crippen LogP contribution in [0.15, 0.2) is 18.2 Å². The van der Waals surface area contributed by atoms with Gasteiger partial charge in [-0.3, -0.25) is 0 Å². The number of nitrogens with zero attached hydrogens (tertiary/aromatic N) is 3. The first-order valence-corrected chi connectivity index (χ1v) is 7.59. The van der Waals surface area contributed by atoms with Gasteiger partial charge < -0.3 is 14.9 Å². The first-order valence-electron chi connectivity index (χ1n) is 6.78. The number of piperazine rings is 1. The zero-order valence-corrected chi connectivity index (χ0v) is 12.6. The second kappa shape index (κ2) is 5.14. The minimum absolute atomic E-state index is 0.0442. The van der Waals surface area contributed by atoms with E-state index >= 15 is 0 Å². The molecule has 112 valence electrons. The van der Waals surface area contributed by atoms with E-state index in [0.29, 0.717) is 13.1 Å². The van der Waals surface area contributed by atoms with E-state index < -0.39 is 6.09 Å². The zero-order valence-electron chi connectivity index (χ0n) is 11.8. The quantitative estimate of drug-likeness (QED) is 0.880. The molecule has 2 heterocycles. The van der Waals surface area contributed by atoms with Crippen LogP contribution in [-0.4, -0.2) is 46.3 Å². The van der Waals surface area contributed by atoms with Crippen molar-refractivity contribution in [2.75, 3.05) is 18.0 Å². The Kier molecular flexibility index (Phi) is 3.44. The number of carboxylic acid groups (broad SMARTS) is 1. The molecule has 0 saturated carbocycles. The van der Waals surface area contributed by atoms with Gasteiger partial charge in [-0.05, 0) is 32.0 Å². The highest BCUT2D eigenvalue weighted by Crippen LogP contribution is 2.32. The summed E-state index contributed by atoms with van der Waals surface area (Å²) >= 11 is 1.44. The van der Waals surface area contributed by atoms with E-state index in [1.54, 1.807) is 6.07 Å². The van der Waals surface area contributed by atoms with Crippen LogP contribution in [0.5, 0.6) is 0 Å². The molecule has 1 aliphatic rings. The third kappa shape index (κ3) is 2.53. The van der Waals surface area contributed by atoms with E-state index in [9.17, 15) is 14.3 Å². The lowest BCUT2D eigenvalue weighted by Gasteiger charge is -2.42. The Bertz CT molecular complexity index is 690. The number of hydrogen-bond donors (Lipinski definition) is 1. The smallest absolute Gasteiger partial charge is 0.407 e. The highest BCUT2D eigenvalue weighted by Gasteiger charge is 2.33. The summed E-state index contributed by atoms with van der Waals surface area (Å²) < 4.78 is 14.1. The van der Waals surface area contributed by atoms with E-state index in [4.69, 9.17) is 0 Å². The molecule has 3 rings (SSSR count). The Morgan fingerprint density at radius 3 is 2.86 bits per heavy atom. The van der Waals surface area contributed by atoms with Crippen LogP contribution in [0, 0.1) is 5.82 Å². The summed E-state index contributed by atoms with van der Waals surface area (Å²) in [5.41, 5.74) is 0.775. The predicted molar refractivity (Wildman–Crippen MR) is 80.6 cm³/mol. The highest BCUT2D eigenvalue weighted by molar-refractivity contribution is 7.22. The molecule has 0 aliphatic carbocycles. The summed E-state index contributed by atoms with van der Waals surface area (Å²) in [5.74, 6) is -0.269. The molecule has 7 heteroatoms. The van der Waals surface area contributed by atoms with Crippen molar-refractivity contribution < 1.29 is 14.3 Å². The molecule has 1 aromatic heterocycles. The fourth-order valence-corrected chi connectivity index (χ4v) is 3.77. The van der Waals surface area contributed by atoms with Gasteiger partial charge >= 0.3 is 6.09 Å². The molecule has 1 fully saturated rings. The molecule has 0 bridgehead atoms. The number of aromatic nitrogens is 1. The maximum Gasteiger partial charge on any atom is 0.407 e. The Balaban J connectivity index is 1.90. The van der Waals surface area contributed by atoms with Crippen molar-refractivity contribution in [2.45, 2.75) is 25.9 Å². The summed E-state index contributed by atoms with van der Waals surface area (Å²) in [6.45, 7) is 4.91. The first kappa shape index (κ1) is 14.1. The molecule has 2 aromatic rings. The number of benzene rings is 1. The average molecular weight is 309 g/mol. The molecule has 5 nitrogen and oxygen atoms in total. The van der Waals surface area contributed by atoms with Crippen LogP contribution in [0.4, 0.5) is 14.3 Å². The number of thiazole rings is 1. The normalized spacial score (nSPS) is 22.8. The van der Waals surface area contributed by atoms with E-state index in [1.165, 1.54) is 28.4 Å². The van der Waals surface area contributed by atoms with E-state index in [-0.39, 0.29) is 17.9 Å². The van der Waals surface area contributed by atoms with Crippen molar-refractivity contribution in [1.82, 2.24) is 9.88 Å². The molecular formula is C14H16FN3O2S. The van der Waals surface area contributed by atoms with E-state index in [0.717, 1.165) is 15.3 Å². The molecule has 2 atom stereocenters. The van der Waals surface area contributed by atoms with Gasteiger partial charge in [-0.2, -0.15) is 0 Å². The summed E-state index contributed by atoms with van der Waals surface area (Å²) in [6.07, 6.45) is -0.889. The van der Waals surface area contributed by atoms with Crippen LogP contribution in [-0.2, 0) is 0 Å². The van der Waals surface area contributed by atoms with Gasteiger partial charge in [0.25, 0.3) is 0 Å². The lowest BCUT2D eigenvalue weighted by molar-refractivity contribution is 0.114. The van der Waals surface area contributed by atoms with Crippen LogP contribution in [0.1, 0.15) is 13.8 Å². The number of amides is 1. The second-order valence-corrected chi connectivity index (χ2v) is 6.40. The number of rotatable bonds is 1. The van der Waals surface area contributed by atoms with E-state index in [1.807, 2.05) is 13.8 Å². The lowest BCUT2D eigenvalue weighted by Crippen LogP contribution is -2.58. The summed E-state index contributed by atoms with van der Waals surface area (Å²) in [5, 5.41) is 10.0. The number of halogens is 1. The van der Waals surface area contributed by atoms with Crippen molar-refractivity contribution >= 4 is 32.8 Å². The van der Waals surface area contributed by atoms with Gasteiger partial charge in [0.1, 0.15) is 5.82 Å². The Morgan fingerprint density at radius 1 is 1.38 bits per heavy atom. The fraction of sp³-hybridized carbons (Fsp3) is 0.429. The largest absolute Gasteiger partial charge is 0.465 e. The highest BCUT2D eigenvalue weighted by atomic mass is 32.1. The summed E-state index contributed by atoms with van der Waals surface area (Å²) in [6, 6.07) is 4.51.